The van der Waals surface area contributed by atoms with Gasteiger partial charge in [0.15, 0.2) is 0 Å². The van der Waals surface area contributed by atoms with Crippen molar-refractivity contribution in [3.8, 4) is 5.75 Å². The molecule has 1 aliphatic carbocycles. The van der Waals surface area contributed by atoms with Crippen LogP contribution in [0.1, 0.15) is 44.1 Å². The van der Waals surface area contributed by atoms with Crippen LogP contribution in [0.3, 0.4) is 0 Å². The standard InChI is InChI=1S/C13H18OS/c14-12-8-4-3-7-11(12)13(15)9-5-1-2-6-10-13/h3-4,7-8,14-15H,1-2,5-6,9-10H2. The summed E-state index contributed by atoms with van der Waals surface area (Å²) in [7, 11) is 0. The van der Waals surface area contributed by atoms with E-state index in [0.717, 1.165) is 18.4 Å². The average Bonchev–Trinajstić information content (AvgIpc) is 2.44. The first-order chi connectivity index (χ1) is 7.22. The van der Waals surface area contributed by atoms with Gasteiger partial charge in [-0.25, -0.2) is 0 Å². The predicted octanol–water partition coefficient (Wildman–Crippen LogP) is 3.87. The highest BCUT2D eigenvalue weighted by molar-refractivity contribution is 7.81. The zero-order valence-corrected chi connectivity index (χ0v) is 9.84. The molecule has 1 aromatic rings. The normalized spacial score (nSPS) is 20.9. The second-order valence-corrected chi connectivity index (χ2v) is 5.32. The molecule has 1 saturated carbocycles. The number of phenolic OH excluding ortho intramolecular Hbond substituents is 1. The van der Waals surface area contributed by atoms with Crippen molar-refractivity contribution in [2.75, 3.05) is 0 Å². The molecule has 0 amide bonds. The van der Waals surface area contributed by atoms with Crippen molar-refractivity contribution in [2.24, 2.45) is 0 Å². The van der Waals surface area contributed by atoms with Crippen molar-refractivity contribution in [1.82, 2.24) is 0 Å². The zero-order chi connectivity index (χ0) is 10.7. The van der Waals surface area contributed by atoms with E-state index in [1.54, 1.807) is 6.07 Å². The average molecular weight is 222 g/mol. The molecule has 1 aliphatic rings. The van der Waals surface area contributed by atoms with Gasteiger partial charge >= 0.3 is 0 Å². The van der Waals surface area contributed by atoms with Crippen LogP contribution in [0.4, 0.5) is 0 Å². The number of para-hydroxylation sites is 1. The number of rotatable bonds is 1. The molecule has 0 aliphatic heterocycles. The third-order valence-electron chi connectivity index (χ3n) is 3.34. The molecule has 1 nitrogen and oxygen atoms in total. The molecule has 0 heterocycles. The quantitative estimate of drug-likeness (QED) is 0.546. The molecular formula is C13H18OS. The van der Waals surface area contributed by atoms with E-state index >= 15 is 0 Å². The van der Waals surface area contributed by atoms with Crippen LogP contribution < -0.4 is 0 Å². The van der Waals surface area contributed by atoms with Gasteiger partial charge in [0.05, 0.1) is 0 Å². The van der Waals surface area contributed by atoms with Gasteiger partial charge in [-0.15, -0.1) is 0 Å². The Labute approximate surface area is 96.9 Å². The minimum Gasteiger partial charge on any atom is -0.508 e. The van der Waals surface area contributed by atoms with Crippen LogP contribution in [0.5, 0.6) is 5.75 Å². The van der Waals surface area contributed by atoms with Crippen molar-refractivity contribution in [1.29, 1.82) is 0 Å². The Morgan fingerprint density at radius 1 is 1.00 bits per heavy atom. The van der Waals surface area contributed by atoms with E-state index in [1.165, 1.54) is 25.7 Å². The minimum absolute atomic E-state index is 0.109. The molecule has 0 bridgehead atoms. The highest BCUT2D eigenvalue weighted by Crippen LogP contribution is 2.44. The molecule has 0 radical (unpaired) electrons. The van der Waals surface area contributed by atoms with Gasteiger partial charge in [0.2, 0.25) is 0 Å². The fourth-order valence-electron chi connectivity index (χ4n) is 2.45. The molecule has 0 unspecified atom stereocenters. The largest absolute Gasteiger partial charge is 0.508 e. The summed E-state index contributed by atoms with van der Waals surface area (Å²) in [6.45, 7) is 0. The lowest BCUT2D eigenvalue weighted by molar-refractivity contribution is 0.443. The molecule has 0 saturated heterocycles. The lowest BCUT2D eigenvalue weighted by Crippen LogP contribution is -2.17. The number of benzene rings is 1. The summed E-state index contributed by atoms with van der Waals surface area (Å²) in [5, 5.41) is 9.87. The Morgan fingerprint density at radius 3 is 2.20 bits per heavy atom. The van der Waals surface area contributed by atoms with E-state index in [0.29, 0.717) is 5.75 Å². The van der Waals surface area contributed by atoms with Gasteiger partial charge in [-0.3, -0.25) is 0 Å². The third-order valence-corrected chi connectivity index (χ3v) is 4.02. The van der Waals surface area contributed by atoms with Crippen molar-refractivity contribution < 1.29 is 5.11 Å². The van der Waals surface area contributed by atoms with E-state index in [4.69, 9.17) is 12.6 Å². The Morgan fingerprint density at radius 2 is 1.60 bits per heavy atom. The van der Waals surface area contributed by atoms with Crippen molar-refractivity contribution >= 4 is 12.6 Å². The molecular weight excluding hydrogens is 204 g/mol. The Balaban J connectivity index is 2.30. The minimum atomic E-state index is -0.109. The number of hydrogen-bond acceptors (Lipinski definition) is 2. The summed E-state index contributed by atoms with van der Waals surface area (Å²) < 4.78 is -0.109. The maximum atomic E-state index is 9.87. The van der Waals surface area contributed by atoms with Gasteiger partial charge in [0.25, 0.3) is 0 Å². The highest BCUT2D eigenvalue weighted by atomic mass is 32.1. The topological polar surface area (TPSA) is 20.2 Å². The lowest BCUT2D eigenvalue weighted by atomic mass is 9.90. The van der Waals surface area contributed by atoms with Crippen LogP contribution >= 0.6 is 12.6 Å². The summed E-state index contributed by atoms with van der Waals surface area (Å²) >= 11 is 4.82. The van der Waals surface area contributed by atoms with Crippen LogP contribution in [0.2, 0.25) is 0 Å². The van der Waals surface area contributed by atoms with Gasteiger partial charge in [-0.05, 0) is 18.9 Å². The lowest BCUT2D eigenvalue weighted by Gasteiger charge is -2.28. The Bertz CT molecular complexity index is 327. The van der Waals surface area contributed by atoms with E-state index in [9.17, 15) is 5.11 Å². The highest BCUT2D eigenvalue weighted by Gasteiger charge is 2.30. The fraction of sp³-hybridized carbons (Fsp3) is 0.538. The van der Waals surface area contributed by atoms with Gasteiger partial charge in [-0.2, -0.15) is 12.6 Å². The summed E-state index contributed by atoms with van der Waals surface area (Å²) in [5.41, 5.74) is 1.01. The summed E-state index contributed by atoms with van der Waals surface area (Å²) in [6.07, 6.45) is 7.20. The smallest absolute Gasteiger partial charge is 0.120 e. The fourth-order valence-corrected chi connectivity index (χ4v) is 2.96. The van der Waals surface area contributed by atoms with Crippen LogP contribution in [0.15, 0.2) is 24.3 Å². The first-order valence-corrected chi connectivity index (χ1v) is 6.18. The van der Waals surface area contributed by atoms with Crippen molar-refractivity contribution in [3.05, 3.63) is 29.8 Å². The summed E-state index contributed by atoms with van der Waals surface area (Å²) in [6, 6.07) is 7.62. The van der Waals surface area contributed by atoms with Crippen LogP contribution in [-0.2, 0) is 4.75 Å². The second-order valence-electron chi connectivity index (χ2n) is 4.46. The van der Waals surface area contributed by atoms with Gasteiger partial charge < -0.3 is 5.11 Å². The molecule has 1 N–H and O–H groups in total. The van der Waals surface area contributed by atoms with E-state index in [2.05, 4.69) is 0 Å². The number of hydrogen-bond donors (Lipinski definition) is 2. The van der Waals surface area contributed by atoms with Crippen molar-refractivity contribution in [2.45, 2.75) is 43.3 Å². The molecule has 1 fully saturated rings. The van der Waals surface area contributed by atoms with E-state index in [-0.39, 0.29) is 4.75 Å². The number of aromatic hydroxyl groups is 1. The monoisotopic (exact) mass is 222 g/mol. The Hall–Kier alpha value is -0.630. The SMILES string of the molecule is Oc1ccccc1C1(S)CCCCCC1. The van der Waals surface area contributed by atoms with Crippen LogP contribution in [0, 0.1) is 0 Å². The molecule has 0 spiro atoms. The van der Waals surface area contributed by atoms with Gasteiger partial charge in [0.1, 0.15) is 5.75 Å². The van der Waals surface area contributed by atoms with Gasteiger partial charge in [0, 0.05) is 10.3 Å². The van der Waals surface area contributed by atoms with Crippen LogP contribution in [-0.4, -0.2) is 5.11 Å². The maximum Gasteiger partial charge on any atom is 0.120 e. The van der Waals surface area contributed by atoms with E-state index < -0.39 is 0 Å². The Kier molecular flexibility index (Phi) is 3.25. The van der Waals surface area contributed by atoms with Crippen molar-refractivity contribution in [3.63, 3.8) is 0 Å². The molecule has 1 aromatic carbocycles. The summed E-state index contributed by atoms with van der Waals surface area (Å²) in [4.78, 5) is 0. The molecule has 15 heavy (non-hydrogen) atoms. The molecule has 2 rings (SSSR count). The zero-order valence-electron chi connectivity index (χ0n) is 8.95. The predicted molar refractivity (Wildman–Crippen MR) is 66.5 cm³/mol. The maximum absolute atomic E-state index is 9.87. The first-order valence-electron chi connectivity index (χ1n) is 5.73. The molecule has 2 heteroatoms. The first kappa shape index (κ1) is 10.9. The molecule has 0 atom stereocenters. The van der Waals surface area contributed by atoms with Crippen LogP contribution in [0.25, 0.3) is 0 Å². The third kappa shape index (κ3) is 2.31. The summed E-state index contributed by atoms with van der Waals surface area (Å²) in [5.74, 6) is 0.398. The number of phenols is 1. The molecule has 0 aromatic heterocycles. The second kappa shape index (κ2) is 4.48. The number of thiol groups is 1. The van der Waals surface area contributed by atoms with E-state index in [1.807, 2.05) is 18.2 Å². The van der Waals surface area contributed by atoms with Gasteiger partial charge in [-0.1, -0.05) is 43.9 Å². The molecule has 82 valence electrons.